The Labute approximate surface area is 163 Å². The van der Waals surface area contributed by atoms with E-state index in [4.69, 9.17) is 0 Å². The van der Waals surface area contributed by atoms with Gasteiger partial charge < -0.3 is 10.4 Å². The second-order valence-corrected chi connectivity index (χ2v) is 7.62. The van der Waals surface area contributed by atoms with E-state index in [1.54, 1.807) is 18.2 Å². The Morgan fingerprint density at radius 2 is 2.04 bits per heavy atom. The van der Waals surface area contributed by atoms with E-state index in [1.165, 1.54) is 17.3 Å². The number of nitrogens with zero attached hydrogens (tertiary/aromatic N) is 2. The Morgan fingerprint density at radius 3 is 2.81 bits per heavy atom. The molecule has 0 aliphatic rings. The lowest BCUT2D eigenvalue weighted by atomic mass is 10.1. The molecule has 8 heteroatoms. The number of phenolic OH excluding ortho intramolecular Hbond substituents is 1. The molecule has 2 aromatic carbocycles. The molecule has 0 aliphatic heterocycles. The normalized spacial score (nSPS) is 10.7. The highest BCUT2D eigenvalue weighted by Gasteiger charge is 2.12. The monoisotopic (exact) mass is 432 g/mol. The molecule has 26 heavy (non-hydrogen) atoms. The number of amides is 1. The number of aromatic nitrogens is 3. The van der Waals surface area contributed by atoms with E-state index >= 15 is 0 Å². The summed E-state index contributed by atoms with van der Waals surface area (Å²) in [5.74, 6) is 0.610. The van der Waals surface area contributed by atoms with E-state index in [-0.39, 0.29) is 17.4 Å². The number of H-pyrrole nitrogens is 1. The Bertz CT molecular complexity index is 958. The van der Waals surface area contributed by atoms with E-state index in [2.05, 4.69) is 36.4 Å². The van der Waals surface area contributed by atoms with Crippen molar-refractivity contribution in [1.82, 2.24) is 15.2 Å². The first-order chi connectivity index (χ1) is 12.4. The molecule has 1 heterocycles. The second kappa shape index (κ2) is 7.92. The molecule has 134 valence electrons. The van der Waals surface area contributed by atoms with Crippen molar-refractivity contribution in [3.63, 3.8) is 0 Å². The number of hydrogen-bond acceptors (Lipinski definition) is 5. The number of rotatable bonds is 5. The second-order valence-electron chi connectivity index (χ2n) is 5.76. The highest BCUT2D eigenvalue weighted by Crippen LogP contribution is 2.30. The van der Waals surface area contributed by atoms with E-state index < -0.39 is 0 Å². The van der Waals surface area contributed by atoms with Gasteiger partial charge in [-0.1, -0.05) is 33.8 Å². The van der Waals surface area contributed by atoms with Crippen LogP contribution in [0.5, 0.6) is 5.75 Å². The molecular weight excluding hydrogens is 416 g/mol. The average molecular weight is 433 g/mol. The zero-order valence-corrected chi connectivity index (χ0v) is 16.6. The van der Waals surface area contributed by atoms with Crippen molar-refractivity contribution in [2.45, 2.75) is 19.0 Å². The van der Waals surface area contributed by atoms with Crippen LogP contribution in [0.3, 0.4) is 0 Å². The van der Waals surface area contributed by atoms with Crippen molar-refractivity contribution in [2.24, 2.45) is 0 Å². The maximum atomic E-state index is 12.1. The molecule has 0 radical (unpaired) electrons. The maximum Gasteiger partial charge on any atom is 0.234 e. The third-order valence-corrected chi connectivity index (χ3v) is 5.14. The fourth-order valence-electron chi connectivity index (χ4n) is 2.28. The Kier molecular flexibility index (Phi) is 5.63. The van der Waals surface area contributed by atoms with Crippen LogP contribution in [-0.2, 0) is 4.79 Å². The van der Waals surface area contributed by atoms with Crippen LogP contribution in [0.1, 0.15) is 11.1 Å². The first kappa shape index (κ1) is 18.5. The summed E-state index contributed by atoms with van der Waals surface area (Å²) in [5.41, 5.74) is 3.62. The summed E-state index contributed by atoms with van der Waals surface area (Å²) in [6, 6.07) is 10.9. The number of anilines is 1. The van der Waals surface area contributed by atoms with Gasteiger partial charge >= 0.3 is 0 Å². The molecule has 0 saturated heterocycles. The standard InChI is InChI=1S/C18H17BrN4O2S/c1-10-3-5-13(7-11(10)2)20-16(25)9-26-18-21-17(22-23-18)14-8-12(19)4-6-15(14)24/h3-8,24H,9H2,1-2H3,(H,20,25)(H,21,22,23). The van der Waals surface area contributed by atoms with Crippen molar-refractivity contribution in [2.75, 3.05) is 11.1 Å². The molecule has 3 N–H and O–H groups in total. The number of aryl methyl sites for hydroxylation is 2. The molecule has 0 atom stereocenters. The highest BCUT2D eigenvalue weighted by atomic mass is 79.9. The van der Waals surface area contributed by atoms with E-state index in [1.807, 2.05) is 32.0 Å². The molecule has 1 amide bonds. The summed E-state index contributed by atoms with van der Waals surface area (Å²) in [6.07, 6.45) is 0. The lowest BCUT2D eigenvalue weighted by Gasteiger charge is -2.06. The molecule has 0 aliphatic carbocycles. The number of aromatic hydroxyl groups is 1. The van der Waals surface area contributed by atoms with Gasteiger partial charge in [0, 0.05) is 10.2 Å². The molecule has 0 saturated carbocycles. The van der Waals surface area contributed by atoms with Crippen LogP contribution in [0.4, 0.5) is 5.69 Å². The minimum absolute atomic E-state index is 0.105. The van der Waals surface area contributed by atoms with Gasteiger partial charge in [0.25, 0.3) is 0 Å². The summed E-state index contributed by atoms with van der Waals surface area (Å²) in [5, 5.41) is 20.1. The molecule has 6 nitrogen and oxygen atoms in total. The third-order valence-electron chi connectivity index (χ3n) is 3.80. The van der Waals surface area contributed by atoms with E-state index in [0.717, 1.165) is 15.7 Å². The van der Waals surface area contributed by atoms with Gasteiger partial charge in [0.05, 0.1) is 11.3 Å². The van der Waals surface area contributed by atoms with Crippen LogP contribution in [0.15, 0.2) is 46.0 Å². The van der Waals surface area contributed by atoms with Crippen molar-refractivity contribution in [3.8, 4) is 17.1 Å². The fraction of sp³-hybridized carbons (Fsp3) is 0.167. The molecule has 0 fully saturated rings. The van der Waals surface area contributed by atoms with Gasteiger partial charge in [-0.25, -0.2) is 4.98 Å². The number of aromatic amines is 1. The summed E-state index contributed by atoms with van der Waals surface area (Å²) in [4.78, 5) is 16.4. The minimum atomic E-state index is -0.130. The number of carbonyl (C=O) groups excluding carboxylic acids is 1. The van der Waals surface area contributed by atoms with Gasteiger partial charge in [-0.05, 0) is 55.3 Å². The van der Waals surface area contributed by atoms with E-state index in [9.17, 15) is 9.90 Å². The number of carbonyl (C=O) groups is 1. The van der Waals surface area contributed by atoms with Crippen LogP contribution in [0.25, 0.3) is 11.4 Å². The molecule has 0 unspecified atom stereocenters. The molecule has 0 bridgehead atoms. The number of phenols is 1. The quantitative estimate of drug-likeness (QED) is 0.523. The van der Waals surface area contributed by atoms with Crippen molar-refractivity contribution in [3.05, 3.63) is 52.0 Å². The smallest absolute Gasteiger partial charge is 0.234 e. The van der Waals surface area contributed by atoms with Crippen molar-refractivity contribution >= 4 is 39.3 Å². The van der Waals surface area contributed by atoms with Gasteiger partial charge in [-0.15, -0.1) is 5.10 Å². The van der Waals surface area contributed by atoms with Crippen LogP contribution >= 0.6 is 27.7 Å². The summed E-state index contributed by atoms with van der Waals surface area (Å²) in [6.45, 7) is 4.03. The Morgan fingerprint density at radius 1 is 1.23 bits per heavy atom. The molecule has 3 aromatic rings. The first-order valence-corrected chi connectivity index (χ1v) is 9.61. The highest BCUT2D eigenvalue weighted by molar-refractivity contribution is 9.10. The average Bonchev–Trinajstić information content (AvgIpc) is 3.07. The third kappa shape index (κ3) is 4.44. The van der Waals surface area contributed by atoms with Crippen molar-refractivity contribution < 1.29 is 9.90 Å². The zero-order chi connectivity index (χ0) is 18.7. The van der Waals surface area contributed by atoms with Crippen LogP contribution in [-0.4, -0.2) is 31.9 Å². The minimum Gasteiger partial charge on any atom is -0.507 e. The summed E-state index contributed by atoms with van der Waals surface area (Å²) in [7, 11) is 0. The van der Waals surface area contributed by atoms with Gasteiger partial charge in [-0.2, -0.15) is 0 Å². The number of benzene rings is 2. The van der Waals surface area contributed by atoms with Gasteiger partial charge in [0.2, 0.25) is 11.1 Å². The largest absolute Gasteiger partial charge is 0.507 e. The van der Waals surface area contributed by atoms with E-state index in [0.29, 0.717) is 16.5 Å². The number of halogens is 1. The Balaban J connectivity index is 1.61. The molecule has 1 aromatic heterocycles. The van der Waals surface area contributed by atoms with Crippen LogP contribution in [0, 0.1) is 13.8 Å². The number of thioether (sulfide) groups is 1. The van der Waals surface area contributed by atoms with Crippen LogP contribution < -0.4 is 5.32 Å². The topological polar surface area (TPSA) is 90.9 Å². The number of nitrogens with one attached hydrogen (secondary N) is 2. The summed E-state index contributed by atoms with van der Waals surface area (Å²) >= 11 is 4.58. The molecule has 0 spiro atoms. The summed E-state index contributed by atoms with van der Waals surface area (Å²) < 4.78 is 0.823. The van der Waals surface area contributed by atoms with Gasteiger partial charge in [0.1, 0.15) is 5.75 Å². The number of hydrogen-bond donors (Lipinski definition) is 3. The first-order valence-electron chi connectivity index (χ1n) is 7.83. The van der Waals surface area contributed by atoms with Gasteiger partial charge in [-0.3, -0.25) is 9.89 Å². The predicted octanol–water partition coefficient (Wildman–Crippen LogP) is 4.29. The lowest BCUT2D eigenvalue weighted by molar-refractivity contribution is -0.113. The Hall–Kier alpha value is -2.32. The van der Waals surface area contributed by atoms with Gasteiger partial charge in [0.15, 0.2) is 5.82 Å². The SMILES string of the molecule is Cc1ccc(NC(=O)CSc2n[nH]c(-c3cc(Br)ccc3O)n2)cc1C. The fourth-order valence-corrected chi connectivity index (χ4v) is 3.24. The molecule has 3 rings (SSSR count). The molecular formula is C18H17BrN4O2S. The van der Waals surface area contributed by atoms with Crippen molar-refractivity contribution in [1.29, 1.82) is 0 Å². The predicted molar refractivity (Wildman–Crippen MR) is 106 cm³/mol. The zero-order valence-electron chi connectivity index (χ0n) is 14.2. The lowest BCUT2D eigenvalue weighted by Crippen LogP contribution is -2.14. The maximum absolute atomic E-state index is 12.1. The van der Waals surface area contributed by atoms with Crippen LogP contribution in [0.2, 0.25) is 0 Å².